The van der Waals surface area contributed by atoms with Gasteiger partial charge >= 0.3 is 0 Å². The second kappa shape index (κ2) is 4.27. The van der Waals surface area contributed by atoms with Gasteiger partial charge in [-0.15, -0.1) is 0 Å². The quantitative estimate of drug-likeness (QED) is 0.614. The molecule has 0 aromatic carbocycles. The van der Waals surface area contributed by atoms with E-state index in [0.717, 1.165) is 18.9 Å². The first-order valence-corrected chi connectivity index (χ1v) is 5.07. The van der Waals surface area contributed by atoms with Gasteiger partial charge in [0.05, 0.1) is 0 Å². The Morgan fingerprint density at radius 1 is 1.50 bits per heavy atom. The molecule has 0 spiro atoms. The van der Waals surface area contributed by atoms with Gasteiger partial charge in [0.15, 0.2) is 0 Å². The van der Waals surface area contributed by atoms with Crippen LogP contribution in [-0.2, 0) is 4.74 Å². The third kappa shape index (κ3) is 2.01. The molecule has 1 saturated carbocycles. The summed E-state index contributed by atoms with van der Waals surface area (Å²) >= 11 is 0. The summed E-state index contributed by atoms with van der Waals surface area (Å²) in [5.74, 6) is 0.873. The van der Waals surface area contributed by atoms with E-state index in [-0.39, 0.29) is 0 Å². The number of methoxy groups -OCH3 is 1. The lowest BCUT2D eigenvalue weighted by molar-refractivity contribution is 0.0743. The van der Waals surface area contributed by atoms with Gasteiger partial charge in [-0.3, -0.25) is 0 Å². The molecule has 1 atom stereocenters. The lowest BCUT2D eigenvalue weighted by Gasteiger charge is -2.42. The average molecular weight is 169 g/mol. The third-order valence-electron chi connectivity index (χ3n) is 3.48. The van der Waals surface area contributed by atoms with Crippen molar-refractivity contribution in [2.24, 2.45) is 11.3 Å². The summed E-state index contributed by atoms with van der Waals surface area (Å²) in [5, 5.41) is 0. The van der Waals surface area contributed by atoms with Crippen LogP contribution in [0.4, 0.5) is 0 Å². The highest BCUT2D eigenvalue weighted by atomic mass is 16.5. The lowest BCUT2D eigenvalue weighted by atomic mass is 9.63. The highest BCUT2D eigenvalue weighted by molar-refractivity contribution is 4.91. The van der Waals surface area contributed by atoms with Gasteiger partial charge in [0.2, 0.25) is 0 Å². The van der Waals surface area contributed by atoms with E-state index >= 15 is 0 Å². The van der Waals surface area contributed by atoms with Gasteiger partial charge < -0.3 is 4.74 Å². The smallest absolute Gasteiger partial charge is 0.0467 e. The van der Waals surface area contributed by atoms with E-state index in [2.05, 4.69) is 13.8 Å². The molecule has 1 unspecified atom stereocenters. The van der Waals surface area contributed by atoms with Crippen LogP contribution in [0, 0.1) is 18.3 Å². The van der Waals surface area contributed by atoms with Crippen LogP contribution in [0.1, 0.15) is 39.0 Å². The Morgan fingerprint density at radius 3 is 2.50 bits per heavy atom. The summed E-state index contributed by atoms with van der Waals surface area (Å²) in [4.78, 5) is 0. The predicted molar refractivity (Wildman–Crippen MR) is 51.9 cm³/mol. The summed E-state index contributed by atoms with van der Waals surface area (Å²) < 4.78 is 5.12. The fraction of sp³-hybridized carbons (Fsp3) is 0.909. The predicted octanol–water partition coefficient (Wildman–Crippen LogP) is 3.05. The van der Waals surface area contributed by atoms with E-state index in [4.69, 9.17) is 4.74 Å². The Bertz CT molecular complexity index is 129. The Morgan fingerprint density at radius 2 is 2.17 bits per heavy atom. The third-order valence-corrected chi connectivity index (χ3v) is 3.48. The molecule has 0 heterocycles. The van der Waals surface area contributed by atoms with E-state index in [9.17, 15) is 0 Å². The van der Waals surface area contributed by atoms with E-state index in [1.54, 1.807) is 7.11 Å². The topological polar surface area (TPSA) is 9.23 Å². The maximum absolute atomic E-state index is 5.12. The van der Waals surface area contributed by atoms with E-state index in [1.165, 1.54) is 25.7 Å². The summed E-state index contributed by atoms with van der Waals surface area (Å²) in [6, 6.07) is 0. The first kappa shape index (κ1) is 10.0. The molecule has 1 nitrogen and oxygen atoms in total. The van der Waals surface area contributed by atoms with Crippen molar-refractivity contribution in [1.29, 1.82) is 0 Å². The van der Waals surface area contributed by atoms with E-state index in [0.29, 0.717) is 5.41 Å². The normalized spacial score (nSPS) is 23.2. The number of hydrogen-bond donors (Lipinski definition) is 0. The SMILES string of the molecule is [CH2]C(CC)(CCOC)C1CCC1. The van der Waals surface area contributed by atoms with E-state index < -0.39 is 0 Å². The fourth-order valence-corrected chi connectivity index (χ4v) is 2.00. The van der Waals surface area contributed by atoms with Crippen molar-refractivity contribution in [1.82, 2.24) is 0 Å². The Hall–Kier alpha value is -0.0400. The second-order valence-electron chi connectivity index (χ2n) is 4.09. The Kier molecular flexibility index (Phi) is 3.57. The zero-order chi connectivity index (χ0) is 9.03. The molecular formula is C11H21O. The van der Waals surface area contributed by atoms with Crippen molar-refractivity contribution in [2.75, 3.05) is 13.7 Å². The van der Waals surface area contributed by atoms with Crippen molar-refractivity contribution in [3.05, 3.63) is 6.92 Å². The summed E-state index contributed by atoms with van der Waals surface area (Å²) in [6.07, 6.45) is 6.52. The zero-order valence-corrected chi connectivity index (χ0v) is 8.44. The molecule has 1 radical (unpaired) electrons. The van der Waals surface area contributed by atoms with Gasteiger partial charge in [0.1, 0.15) is 0 Å². The second-order valence-corrected chi connectivity index (χ2v) is 4.09. The first-order chi connectivity index (χ1) is 5.73. The highest BCUT2D eigenvalue weighted by Crippen LogP contribution is 2.45. The molecular weight excluding hydrogens is 148 g/mol. The van der Waals surface area contributed by atoms with Gasteiger partial charge in [-0.2, -0.15) is 0 Å². The van der Waals surface area contributed by atoms with Crippen LogP contribution in [-0.4, -0.2) is 13.7 Å². The van der Waals surface area contributed by atoms with Gasteiger partial charge in [-0.05, 0) is 37.5 Å². The molecule has 0 aromatic rings. The first-order valence-electron chi connectivity index (χ1n) is 5.07. The fourth-order valence-electron chi connectivity index (χ4n) is 2.00. The highest BCUT2D eigenvalue weighted by Gasteiger charge is 2.35. The number of hydrogen-bond acceptors (Lipinski definition) is 1. The summed E-state index contributed by atoms with van der Waals surface area (Å²) in [7, 11) is 1.77. The molecule has 1 heteroatoms. The molecule has 1 fully saturated rings. The summed E-state index contributed by atoms with van der Waals surface area (Å²) in [5.41, 5.74) is 0.314. The molecule has 0 saturated heterocycles. The number of rotatable bonds is 5. The Labute approximate surface area is 76.5 Å². The van der Waals surface area contributed by atoms with Crippen LogP contribution in [0.5, 0.6) is 0 Å². The molecule has 71 valence electrons. The molecule has 1 aliphatic carbocycles. The van der Waals surface area contributed by atoms with Crippen molar-refractivity contribution in [3.8, 4) is 0 Å². The number of ether oxygens (including phenoxy) is 1. The molecule has 0 N–H and O–H groups in total. The average Bonchev–Trinajstić information content (AvgIpc) is 1.98. The maximum Gasteiger partial charge on any atom is 0.0467 e. The standard InChI is InChI=1S/C11H21O/c1-4-11(2,8-9-12-3)10-6-5-7-10/h10H,2,4-9H2,1,3H3. The van der Waals surface area contributed by atoms with Gasteiger partial charge in [0.25, 0.3) is 0 Å². The minimum Gasteiger partial charge on any atom is -0.385 e. The monoisotopic (exact) mass is 169 g/mol. The molecule has 1 aliphatic rings. The van der Waals surface area contributed by atoms with Crippen LogP contribution >= 0.6 is 0 Å². The zero-order valence-electron chi connectivity index (χ0n) is 8.44. The van der Waals surface area contributed by atoms with Crippen molar-refractivity contribution in [2.45, 2.75) is 39.0 Å². The largest absolute Gasteiger partial charge is 0.385 e. The van der Waals surface area contributed by atoms with Gasteiger partial charge in [0, 0.05) is 13.7 Å². The van der Waals surface area contributed by atoms with Crippen LogP contribution in [0.2, 0.25) is 0 Å². The molecule has 0 bridgehead atoms. The molecule has 1 rings (SSSR count). The lowest BCUT2D eigenvalue weighted by Crippen LogP contribution is -2.33. The minimum atomic E-state index is 0.314. The van der Waals surface area contributed by atoms with Crippen LogP contribution in [0.3, 0.4) is 0 Å². The molecule has 0 aromatic heterocycles. The maximum atomic E-state index is 5.12. The van der Waals surface area contributed by atoms with Crippen LogP contribution in [0.25, 0.3) is 0 Å². The van der Waals surface area contributed by atoms with E-state index in [1.807, 2.05) is 0 Å². The minimum absolute atomic E-state index is 0.314. The molecule has 0 aliphatic heterocycles. The molecule has 0 amide bonds. The van der Waals surface area contributed by atoms with Crippen LogP contribution < -0.4 is 0 Å². The van der Waals surface area contributed by atoms with Crippen molar-refractivity contribution >= 4 is 0 Å². The Balaban J connectivity index is 2.37. The molecule has 12 heavy (non-hydrogen) atoms. The van der Waals surface area contributed by atoms with Crippen molar-refractivity contribution < 1.29 is 4.74 Å². The summed E-state index contributed by atoms with van der Waals surface area (Å²) in [6.45, 7) is 7.49. The van der Waals surface area contributed by atoms with Crippen LogP contribution in [0.15, 0.2) is 0 Å². The van der Waals surface area contributed by atoms with Crippen molar-refractivity contribution in [3.63, 3.8) is 0 Å². The van der Waals surface area contributed by atoms with Gasteiger partial charge in [-0.1, -0.05) is 19.8 Å². The van der Waals surface area contributed by atoms with Gasteiger partial charge in [-0.25, -0.2) is 0 Å².